The average Bonchev–Trinajstić information content (AvgIpc) is 2.81. The van der Waals surface area contributed by atoms with E-state index in [4.69, 9.17) is 4.74 Å². The SMILES string of the molecule is Cc1ccc(C)c(COc2ccc3c(c2)C(=O)CC3)c1. The van der Waals surface area contributed by atoms with Gasteiger partial charge in [0.1, 0.15) is 12.4 Å². The lowest BCUT2D eigenvalue weighted by atomic mass is 10.1. The van der Waals surface area contributed by atoms with Crippen LogP contribution in [0.3, 0.4) is 0 Å². The molecule has 0 N–H and O–H groups in total. The second-order valence-corrected chi connectivity index (χ2v) is 5.46. The van der Waals surface area contributed by atoms with Crippen molar-refractivity contribution in [2.24, 2.45) is 0 Å². The lowest BCUT2D eigenvalue weighted by Gasteiger charge is -2.10. The summed E-state index contributed by atoms with van der Waals surface area (Å²) in [6.07, 6.45) is 1.50. The van der Waals surface area contributed by atoms with Crippen LogP contribution in [0.2, 0.25) is 0 Å². The first-order valence-electron chi connectivity index (χ1n) is 6.98. The van der Waals surface area contributed by atoms with Crippen LogP contribution in [0, 0.1) is 13.8 Å². The second kappa shape index (κ2) is 5.12. The first kappa shape index (κ1) is 12.9. The highest BCUT2D eigenvalue weighted by molar-refractivity contribution is 6.00. The molecule has 2 aromatic carbocycles. The van der Waals surface area contributed by atoms with Gasteiger partial charge in [0.05, 0.1) is 0 Å². The Hall–Kier alpha value is -2.09. The Morgan fingerprint density at radius 1 is 1.05 bits per heavy atom. The monoisotopic (exact) mass is 266 g/mol. The molecule has 2 nitrogen and oxygen atoms in total. The van der Waals surface area contributed by atoms with Crippen LogP contribution in [0.25, 0.3) is 0 Å². The third-order valence-corrected chi connectivity index (χ3v) is 3.90. The van der Waals surface area contributed by atoms with Gasteiger partial charge >= 0.3 is 0 Å². The van der Waals surface area contributed by atoms with Crippen molar-refractivity contribution in [3.05, 3.63) is 64.2 Å². The highest BCUT2D eigenvalue weighted by atomic mass is 16.5. The number of benzene rings is 2. The van der Waals surface area contributed by atoms with Gasteiger partial charge in [-0.2, -0.15) is 0 Å². The molecule has 2 aromatic rings. The normalized spacial score (nSPS) is 13.4. The molecule has 20 heavy (non-hydrogen) atoms. The van der Waals surface area contributed by atoms with E-state index in [9.17, 15) is 4.79 Å². The molecule has 2 heteroatoms. The van der Waals surface area contributed by atoms with Gasteiger partial charge in [0.25, 0.3) is 0 Å². The zero-order valence-electron chi connectivity index (χ0n) is 11.9. The summed E-state index contributed by atoms with van der Waals surface area (Å²) in [7, 11) is 0. The van der Waals surface area contributed by atoms with E-state index in [1.54, 1.807) is 0 Å². The van der Waals surface area contributed by atoms with Crippen molar-refractivity contribution in [2.75, 3.05) is 0 Å². The number of carbonyl (C=O) groups excluding carboxylic acids is 1. The van der Waals surface area contributed by atoms with Gasteiger partial charge in [0.15, 0.2) is 5.78 Å². The molecule has 0 bridgehead atoms. The Kier molecular flexibility index (Phi) is 3.31. The Morgan fingerprint density at radius 2 is 1.90 bits per heavy atom. The number of carbonyl (C=O) groups is 1. The summed E-state index contributed by atoms with van der Waals surface area (Å²) in [6, 6.07) is 12.2. The number of rotatable bonds is 3. The van der Waals surface area contributed by atoms with Crippen LogP contribution in [0.1, 0.15) is 39.0 Å². The van der Waals surface area contributed by atoms with Crippen LogP contribution < -0.4 is 4.74 Å². The molecule has 0 spiro atoms. The first-order valence-corrected chi connectivity index (χ1v) is 6.98. The van der Waals surface area contributed by atoms with Crippen molar-refractivity contribution in [2.45, 2.75) is 33.3 Å². The average molecular weight is 266 g/mol. The zero-order valence-corrected chi connectivity index (χ0v) is 11.9. The maximum Gasteiger partial charge on any atom is 0.163 e. The van der Waals surface area contributed by atoms with Crippen LogP contribution in [0.4, 0.5) is 0 Å². The summed E-state index contributed by atoms with van der Waals surface area (Å²) in [6.45, 7) is 4.71. The molecule has 0 saturated carbocycles. The summed E-state index contributed by atoms with van der Waals surface area (Å²) in [4.78, 5) is 11.7. The number of ketones is 1. The molecule has 0 radical (unpaired) electrons. The Morgan fingerprint density at radius 3 is 2.75 bits per heavy atom. The highest BCUT2D eigenvalue weighted by Gasteiger charge is 2.19. The highest BCUT2D eigenvalue weighted by Crippen LogP contribution is 2.26. The van der Waals surface area contributed by atoms with E-state index in [2.05, 4.69) is 32.0 Å². The summed E-state index contributed by atoms with van der Waals surface area (Å²) < 4.78 is 5.85. The van der Waals surface area contributed by atoms with Gasteiger partial charge in [0, 0.05) is 12.0 Å². The number of hydrogen-bond acceptors (Lipinski definition) is 2. The van der Waals surface area contributed by atoms with Crippen molar-refractivity contribution >= 4 is 5.78 Å². The predicted molar refractivity (Wildman–Crippen MR) is 79.3 cm³/mol. The second-order valence-electron chi connectivity index (χ2n) is 5.46. The fourth-order valence-electron chi connectivity index (χ4n) is 2.62. The largest absolute Gasteiger partial charge is 0.489 e. The lowest BCUT2D eigenvalue weighted by Crippen LogP contribution is -2.00. The first-order chi connectivity index (χ1) is 9.63. The quantitative estimate of drug-likeness (QED) is 0.839. The Labute approximate surface area is 119 Å². The minimum Gasteiger partial charge on any atom is -0.489 e. The lowest BCUT2D eigenvalue weighted by molar-refractivity contribution is 0.0994. The third-order valence-electron chi connectivity index (χ3n) is 3.90. The molecular weight excluding hydrogens is 248 g/mol. The Bertz CT molecular complexity index is 671. The third kappa shape index (κ3) is 2.46. The van der Waals surface area contributed by atoms with Crippen molar-refractivity contribution < 1.29 is 9.53 Å². The summed E-state index contributed by atoms with van der Waals surface area (Å²) in [5.41, 5.74) is 5.64. The van der Waals surface area contributed by atoms with E-state index >= 15 is 0 Å². The molecule has 0 atom stereocenters. The molecule has 0 unspecified atom stereocenters. The number of ether oxygens (including phenoxy) is 1. The molecule has 1 aliphatic rings. The van der Waals surface area contributed by atoms with Crippen molar-refractivity contribution in [1.29, 1.82) is 0 Å². The zero-order chi connectivity index (χ0) is 14.1. The van der Waals surface area contributed by atoms with Crippen molar-refractivity contribution in [3.8, 4) is 5.75 Å². The van der Waals surface area contributed by atoms with E-state index in [1.807, 2.05) is 18.2 Å². The van der Waals surface area contributed by atoms with Gasteiger partial charge in [-0.15, -0.1) is 0 Å². The fraction of sp³-hybridized carbons (Fsp3) is 0.278. The predicted octanol–water partition coefficient (Wildman–Crippen LogP) is 4.01. The van der Waals surface area contributed by atoms with Gasteiger partial charge in [0.2, 0.25) is 0 Å². The molecule has 3 rings (SSSR count). The van der Waals surface area contributed by atoms with Gasteiger partial charge in [-0.3, -0.25) is 4.79 Å². The molecule has 0 aromatic heterocycles. The van der Waals surface area contributed by atoms with Gasteiger partial charge in [-0.1, -0.05) is 29.8 Å². The summed E-state index contributed by atoms with van der Waals surface area (Å²) in [5.74, 6) is 1.01. The smallest absolute Gasteiger partial charge is 0.163 e. The molecule has 0 fully saturated rings. The number of hydrogen-bond donors (Lipinski definition) is 0. The number of fused-ring (bicyclic) bond motifs is 1. The van der Waals surface area contributed by atoms with E-state index in [-0.39, 0.29) is 5.78 Å². The van der Waals surface area contributed by atoms with E-state index in [0.29, 0.717) is 13.0 Å². The minimum atomic E-state index is 0.234. The van der Waals surface area contributed by atoms with Crippen molar-refractivity contribution in [3.63, 3.8) is 0 Å². The van der Waals surface area contributed by atoms with Crippen molar-refractivity contribution in [1.82, 2.24) is 0 Å². The van der Waals surface area contributed by atoms with E-state index < -0.39 is 0 Å². The van der Waals surface area contributed by atoms with Crippen LogP contribution >= 0.6 is 0 Å². The van der Waals surface area contributed by atoms with Crippen LogP contribution in [0.5, 0.6) is 5.75 Å². The number of Topliss-reactive ketones (excluding diaryl/α,β-unsaturated/α-hetero) is 1. The van der Waals surface area contributed by atoms with Crippen LogP contribution in [-0.2, 0) is 13.0 Å². The molecule has 1 aliphatic carbocycles. The molecule has 0 aliphatic heterocycles. The van der Waals surface area contributed by atoms with E-state index in [0.717, 1.165) is 23.3 Å². The topological polar surface area (TPSA) is 26.3 Å². The fourth-order valence-corrected chi connectivity index (χ4v) is 2.62. The van der Waals surface area contributed by atoms with Gasteiger partial charge in [-0.25, -0.2) is 0 Å². The van der Waals surface area contributed by atoms with E-state index in [1.165, 1.54) is 16.7 Å². The van der Waals surface area contributed by atoms with Gasteiger partial charge < -0.3 is 4.74 Å². The molecular formula is C18H18O2. The Balaban J connectivity index is 1.77. The summed E-state index contributed by atoms with van der Waals surface area (Å²) >= 11 is 0. The molecule has 0 heterocycles. The molecule has 0 saturated heterocycles. The van der Waals surface area contributed by atoms with Crippen LogP contribution in [-0.4, -0.2) is 5.78 Å². The van der Waals surface area contributed by atoms with Crippen LogP contribution in [0.15, 0.2) is 36.4 Å². The summed E-state index contributed by atoms with van der Waals surface area (Å²) in [5, 5.41) is 0. The maximum atomic E-state index is 11.7. The molecule has 102 valence electrons. The van der Waals surface area contributed by atoms with Gasteiger partial charge in [-0.05, 0) is 49.1 Å². The molecule has 0 amide bonds. The standard InChI is InChI=1S/C18H18O2/c1-12-3-4-13(2)15(9-12)11-20-16-7-5-14-6-8-18(19)17(14)10-16/h3-5,7,9-10H,6,8,11H2,1-2H3. The maximum absolute atomic E-state index is 11.7. The minimum absolute atomic E-state index is 0.234. The number of aryl methyl sites for hydroxylation is 3.